The summed E-state index contributed by atoms with van der Waals surface area (Å²) in [6, 6.07) is 3.92. The molecule has 0 bridgehead atoms. The summed E-state index contributed by atoms with van der Waals surface area (Å²) in [7, 11) is 3.28. The van der Waals surface area contributed by atoms with Crippen LogP contribution < -0.4 is 14.8 Å². The van der Waals surface area contributed by atoms with E-state index in [-0.39, 0.29) is 12.3 Å². The SMILES string of the molecule is COCCOc1cc2c(cc1OC)C=CNC2OC1COC1. The van der Waals surface area contributed by atoms with E-state index >= 15 is 0 Å². The molecule has 0 spiro atoms. The van der Waals surface area contributed by atoms with E-state index < -0.39 is 0 Å². The molecule has 2 aliphatic heterocycles. The zero-order chi connectivity index (χ0) is 15.4. The summed E-state index contributed by atoms with van der Waals surface area (Å²) in [6.07, 6.45) is 3.81. The predicted octanol–water partition coefficient (Wildman–Crippen LogP) is 1.71. The minimum absolute atomic E-state index is 0.136. The second kappa shape index (κ2) is 7.00. The predicted molar refractivity (Wildman–Crippen MR) is 81.0 cm³/mol. The van der Waals surface area contributed by atoms with Gasteiger partial charge in [-0.1, -0.05) is 0 Å². The molecule has 120 valence electrons. The van der Waals surface area contributed by atoms with Crippen LogP contribution in [0.1, 0.15) is 17.4 Å². The highest BCUT2D eigenvalue weighted by molar-refractivity contribution is 5.62. The number of nitrogens with one attached hydrogen (secondary N) is 1. The summed E-state index contributed by atoms with van der Waals surface area (Å²) in [5.74, 6) is 1.39. The summed E-state index contributed by atoms with van der Waals surface area (Å²) in [4.78, 5) is 0. The number of rotatable bonds is 7. The Labute approximate surface area is 129 Å². The lowest BCUT2D eigenvalue weighted by atomic mass is 10.0. The lowest BCUT2D eigenvalue weighted by molar-refractivity contribution is -0.160. The van der Waals surface area contributed by atoms with E-state index in [1.54, 1.807) is 14.2 Å². The van der Waals surface area contributed by atoms with Crippen molar-refractivity contribution >= 4 is 6.08 Å². The molecule has 6 heteroatoms. The van der Waals surface area contributed by atoms with Gasteiger partial charge in [-0.15, -0.1) is 0 Å². The van der Waals surface area contributed by atoms with Gasteiger partial charge < -0.3 is 29.0 Å². The number of hydrogen-bond donors (Lipinski definition) is 1. The average Bonchev–Trinajstić information content (AvgIpc) is 2.50. The van der Waals surface area contributed by atoms with Crippen LogP contribution in [-0.4, -0.2) is 46.8 Å². The number of benzene rings is 1. The number of fused-ring (bicyclic) bond motifs is 1. The molecule has 1 N–H and O–H groups in total. The fourth-order valence-electron chi connectivity index (χ4n) is 2.38. The molecule has 6 nitrogen and oxygen atoms in total. The van der Waals surface area contributed by atoms with Gasteiger partial charge in [-0.25, -0.2) is 0 Å². The van der Waals surface area contributed by atoms with E-state index in [4.69, 9.17) is 23.7 Å². The van der Waals surface area contributed by atoms with Gasteiger partial charge in [0.25, 0.3) is 0 Å². The van der Waals surface area contributed by atoms with Crippen molar-refractivity contribution in [2.45, 2.75) is 12.3 Å². The standard InChI is InChI=1S/C16H21NO5/c1-18-5-6-21-15-8-13-11(7-14(15)19-2)3-4-17-16(13)22-12-9-20-10-12/h3-4,7-8,12,16-17H,5-6,9-10H2,1-2H3. The van der Waals surface area contributed by atoms with Gasteiger partial charge in [0, 0.05) is 12.7 Å². The maximum Gasteiger partial charge on any atom is 0.161 e. The van der Waals surface area contributed by atoms with Crippen LogP contribution in [0, 0.1) is 0 Å². The molecule has 1 atom stereocenters. The molecule has 22 heavy (non-hydrogen) atoms. The Morgan fingerprint density at radius 3 is 2.73 bits per heavy atom. The first-order chi connectivity index (χ1) is 10.8. The number of methoxy groups -OCH3 is 2. The highest BCUT2D eigenvalue weighted by Gasteiger charge is 2.27. The van der Waals surface area contributed by atoms with Crippen LogP contribution in [0.5, 0.6) is 11.5 Å². The van der Waals surface area contributed by atoms with Crippen molar-refractivity contribution < 1.29 is 23.7 Å². The fourth-order valence-corrected chi connectivity index (χ4v) is 2.38. The Kier molecular flexibility index (Phi) is 4.82. The van der Waals surface area contributed by atoms with Crippen molar-refractivity contribution in [1.82, 2.24) is 5.32 Å². The monoisotopic (exact) mass is 307 g/mol. The molecule has 2 heterocycles. The van der Waals surface area contributed by atoms with E-state index in [9.17, 15) is 0 Å². The van der Waals surface area contributed by atoms with E-state index in [1.807, 2.05) is 24.4 Å². The third-order valence-electron chi connectivity index (χ3n) is 3.64. The van der Waals surface area contributed by atoms with Crippen LogP contribution in [0.2, 0.25) is 0 Å². The van der Waals surface area contributed by atoms with Crippen LogP contribution in [0.4, 0.5) is 0 Å². The topological polar surface area (TPSA) is 58.2 Å². The fraction of sp³-hybridized carbons (Fsp3) is 0.500. The second-order valence-electron chi connectivity index (χ2n) is 5.15. The zero-order valence-corrected chi connectivity index (χ0v) is 12.8. The first-order valence-electron chi connectivity index (χ1n) is 7.31. The summed E-state index contributed by atoms with van der Waals surface area (Å²) < 4.78 is 27.3. The van der Waals surface area contributed by atoms with E-state index in [2.05, 4.69) is 5.32 Å². The summed E-state index contributed by atoms with van der Waals surface area (Å²) in [6.45, 7) is 2.28. The Morgan fingerprint density at radius 1 is 1.18 bits per heavy atom. The molecule has 0 saturated carbocycles. The Morgan fingerprint density at radius 2 is 2.05 bits per heavy atom. The molecule has 3 rings (SSSR count). The zero-order valence-electron chi connectivity index (χ0n) is 12.8. The Balaban J connectivity index is 1.82. The van der Waals surface area contributed by atoms with Gasteiger partial charge in [0.05, 0.1) is 26.9 Å². The average molecular weight is 307 g/mol. The van der Waals surface area contributed by atoms with Crippen molar-refractivity contribution in [3.05, 3.63) is 29.5 Å². The molecule has 1 fully saturated rings. The molecule has 1 unspecified atom stereocenters. The third kappa shape index (κ3) is 3.19. The molecule has 0 amide bonds. The van der Waals surface area contributed by atoms with Crippen LogP contribution in [-0.2, 0) is 14.2 Å². The van der Waals surface area contributed by atoms with Crippen molar-refractivity contribution in [3.63, 3.8) is 0 Å². The van der Waals surface area contributed by atoms with Gasteiger partial charge in [-0.2, -0.15) is 0 Å². The summed E-state index contributed by atoms with van der Waals surface area (Å²) in [5, 5.41) is 3.23. The van der Waals surface area contributed by atoms with Crippen LogP contribution in [0.15, 0.2) is 18.3 Å². The van der Waals surface area contributed by atoms with Gasteiger partial charge in [0.1, 0.15) is 12.7 Å². The highest BCUT2D eigenvalue weighted by atomic mass is 16.6. The van der Waals surface area contributed by atoms with Gasteiger partial charge in [-0.3, -0.25) is 0 Å². The molecule has 2 aliphatic rings. The molecule has 0 radical (unpaired) electrons. The van der Waals surface area contributed by atoms with E-state index in [0.29, 0.717) is 37.9 Å². The first-order valence-corrected chi connectivity index (χ1v) is 7.31. The Hall–Kier alpha value is -1.76. The quantitative estimate of drug-likeness (QED) is 0.774. The normalized spacial score (nSPS) is 20.0. The van der Waals surface area contributed by atoms with Crippen molar-refractivity contribution in [2.75, 3.05) is 40.6 Å². The molecular weight excluding hydrogens is 286 g/mol. The summed E-state index contributed by atoms with van der Waals surface area (Å²) >= 11 is 0. The molecule has 1 aromatic carbocycles. The lowest BCUT2D eigenvalue weighted by Gasteiger charge is -2.33. The van der Waals surface area contributed by atoms with Crippen LogP contribution in [0.25, 0.3) is 6.08 Å². The molecule has 1 aromatic rings. The largest absolute Gasteiger partial charge is 0.493 e. The smallest absolute Gasteiger partial charge is 0.161 e. The van der Waals surface area contributed by atoms with Crippen LogP contribution >= 0.6 is 0 Å². The highest BCUT2D eigenvalue weighted by Crippen LogP contribution is 2.36. The minimum Gasteiger partial charge on any atom is -0.493 e. The van der Waals surface area contributed by atoms with Crippen molar-refractivity contribution in [2.24, 2.45) is 0 Å². The molecule has 1 saturated heterocycles. The number of ether oxygens (including phenoxy) is 5. The van der Waals surface area contributed by atoms with E-state index in [1.165, 1.54) is 0 Å². The third-order valence-corrected chi connectivity index (χ3v) is 3.64. The lowest BCUT2D eigenvalue weighted by Crippen LogP contribution is -2.40. The van der Waals surface area contributed by atoms with Gasteiger partial charge in [0.15, 0.2) is 17.7 Å². The molecular formula is C16H21NO5. The first kappa shape index (κ1) is 15.1. The van der Waals surface area contributed by atoms with Gasteiger partial charge in [-0.05, 0) is 30.0 Å². The van der Waals surface area contributed by atoms with Crippen LogP contribution in [0.3, 0.4) is 0 Å². The Bertz CT molecular complexity index is 542. The van der Waals surface area contributed by atoms with Crippen molar-refractivity contribution in [3.8, 4) is 11.5 Å². The van der Waals surface area contributed by atoms with E-state index in [0.717, 1.165) is 11.1 Å². The van der Waals surface area contributed by atoms with Gasteiger partial charge >= 0.3 is 0 Å². The molecule has 0 aliphatic carbocycles. The van der Waals surface area contributed by atoms with Crippen molar-refractivity contribution in [1.29, 1.82) is 0 Å². The maximum atomic E-state index is 6.00. The second-order valence-corrected chi connectivity index (χ2v) is 5.15. The maximum absolute atomic E-state index is 6.00. The molecule has 0 aromatic heterocycles. The number of hydrogen-bond acceptors (Lipinski definition) is 6. The summed E-state index contributed by atoms with van der Waals surface area (Å²) in [5.41, 5.74) is 2.09. The minimum atomic E-state index is -0.204. The van der Waals surface area contributed by atoms with Gasteiger partial charge in [0.2, 0.25) is 0 Å².